The van der Waals surface area contributed by atoms with Crippen LogP contribution in [0.3, 0.4) is 0 Å². The van der Waals surface area contributed by atoms with Crippen LogP contribution >= 0.6 is 0 Å². The van der Waals surface area contributed by atoms with Crippen molar-refractivity contribution in [1.29, 1.82) is 0 Å². The number of aliphatic hydroxyl groups excluding tert-OH is 1. The summed E-state index contributed by atoms with van der Waals surface area (Å²) in [4.78, 5) is 21.3. The second-order valence-corrected chi connectivity index (χ2v) is 5.47. The van der Waals surface area contributed by atoms with Crippen LogP contribution in [0.25, 0.3) is 0 Å². The molecular formula is C22H39N3O5. The van der Waals surface area contributed by atoms with Gasteiger partial charge in [-0.3, -0.25) is 14.9 Å². The number of likely N-dealkylation sites (tertiary alicyclic amines) is 1. The predicted molar refractivity (Wildman–Crippen MR) is 123 cm³/mol. The lowest BCUT2D eigenvalue weighted by atomic mass is 10.2. The van der Waals surface area contributed by atoms with Crippen molar-refractivity contribution < 1.29 is 19.6 Å². The second-order valence-electron chi connectivity index (χ2n) is 5.47. The van der Waals surface area contributed by atoms with Gasteiger partial charge < -0.3 is 20.1 Å². The fourth-order valence-corrected chi connectivity index (χ4v) is 2.01. The molecule has 1 heterocycles. The fraction of sp³-hybridized carbons (Fsp3) is 0.500. The van der Waals surface area contributed by atoms with Crippen LogP contribution in [-0.4, -0.2) is 54.6 Å². The molecule has 0 amide bonds. The highest BCUT2D eigenvalue weighted by Crippen LogP contribution is 2.10. The van der Waals surface area contributed by atoms with Gasteiger partial charge in [-0.1, -0.05) is 32.6 Å². The molecule has 1 saturated heterocycles. The van der Waals surface area contributed by atoms with Crippen molar-refractivity contribution in [2.75, 3.05) is 27.2 Å². The van der Waals surface area contributed by atoms with Gasteiger partial charge >= 0.3 is 5.88 Å². The molecule has 0 aromatic carbocycles. The summed E-state index contributed by atoms with van der Waals surface area (Å²) in [7, 11) is 3.03. The molecule has 1 unspecified atom stereocenters. The molecule has 2 N–H and O–H groups in total. The first-order valence-corrected chi connectivity index (χ1v) is 9.97. The van der Waals surface area contributed by atoms with Crippen LogP contribution in [0.1, 0.15) is 40.0 Å². The quantitative estimate of drug-likeness (QED) is 0.160. The molecule has 1 aliphatic rings. The number of aldehydes is 1. The molecule has 0 spiro atoms. The Morgan fingerprint density at radius 2 is 1.93 bits per heavy atom. The van der Waals surface area contributed by atoms with Crippen LogP contribution < -0.4 is 5.32 Å². The Balaban J connectivity index is -0.000000364. The van der Waals surface area contributed by atoms with Gasteiger partial charge in [-0.25, -0.2) is 0 Å². The summed E-state index contributed by atoms with van der Waals surface area (Å²) < 4.78 is 4.35. The number of carbonyl (C=O) groups excluding carboxylic acids is 1. The monoisotopic (exact) mass is 425 g/mol. The summed E-state index contributed by atoms with van der Waals surface area (Å²) in [6, 6.07) is 0. The summed E-state index contributed by atoms with van der Waals surface area (Å²) in [5.41, 5.74) is 0. The number of nitrogens with one attached hydrogen (secondary N) is 1. The summed E-state index contributed by atoms with van der Waals surface area (Å²) in [5.74, 6) is -0.400. The minimum absolute atomic E-state index is 0.0646. The maximum Gasteiger partial charge on any atom is 0.427 e. The third kappa shape index (κ3) is 23.2. The number of rotatable bonds is 7. The molecule has 0 bridgehead atoms. The van der Waals surface area contributed by atoms with Gasteiger partial charge in [0.15, 0.2) is 0 Å². The molecule has 1 atom stereocenters. The van der Waals surface area contributed by atoms with Crippen molar-refractivity contribution in [3.05, 3.63) is 71.4 Å². The van der Waals surface area contributed by atoms with E-state index in [9.17, 15) is 20.0 Å². The average molecular weight is 426 g/mol. The lowest BCUT2D eigenvalue weighted by molar-refractivity contribution is -0.461. The van der Waals surface area contributed by atoms with E-state index >= 15 is 0 Å². The SMILES string of the molecule is C/C=C/N1CCCC(O)CC1.C=C/C=C/NC.CC.CO/C(=C\C=C\C=O)[N+](=O)[O-]. The van der Waals surface area contributed by atoms with Gasteiger partial charge in [-0.05, 0) is 56.8 Å². The lowest BCUT2D eigenvalue weighted by Gasteiger charge is -2.16. The third-order valence-corrected chi connectivity index (χ3v) is 3.31. The van der Waals surface area contributed by atoms with Gasteiger partial charge in [-0.15, -0.1) is 0 Å². The molecule has 0 aliphatic carbocycles. The molecule has 1 rings (SSSR count). The zero-order valence-corrected chi connectivity index (χ0v) is 19.0. The molecule has 0 saturated carbocycles. The highest BCUT2D eigenvalue weighted by Gasteiger charge is 2.11. The Labute approximate surface area is 181 Å². The Kier molecular flexibility index (Phi) is 27.7. The number of aliphatic hydroxyl groups is 1. The normalized spacial score (nSPS) is 16.3. The first kappa shape index (κ1) is 31.8. The van der Waals surface area contributed by atoms with Gasteiger partial charge in [0, 0.05) is 20.1 Å². The highest BCUT2D eigenvalue weighted by molar-refractivity contribution is 5.65. The molecule has 30 heavy (non-hydrogen) atoms. The maximum atomic E-state index is 10.0. The van der Waals surface area contributed by atoms with Gasteiger partial charge in [0.25, 0.3) is 0 Å². The molecule has 0 radical (unpaired) electrons. The average Bonchev–Trinajstić information content (AvgIpc) is 2.96. The molecule has 172 valence electrons. The molecule has 1 fully saturated rings. The first-order chi connectivity index (χ1) is 14.5. The molecule has 0 aromatic heterocycles. The van der Waals surface area contributed by atoms with Crippen LogP contribution in [0.15, 0.2) is 61.3 Å². The van der Waals surface area contributed by atoms with E-state index in [1.54, 1.807) is 6.08 Å². The van der Waals surface area contributed by atoms with E-state index in [0.29, 0.717) is 6.29 Å². The maximum absolute atomic E-state index is 10.0. The van der Waals surface area contributed by atoms with Gasteiger partial charge in [0.05, 0.1) is 19.3 Å². The van der Waals surface area contributed by atoms with Crippen LogP contribution in [-0.2, 0) is 9.53 Å². The van der Waals surface area contributed by atoms with Crippen LogP contribution in [0.2, 0.25) is 0 Å². The van der Waals surface area contributed by atoms with Crippen LogP contribution in [0.5, 0.6) is 0 Å². The van der Waals surface area contributed by atoms with Crippen molar-refractivity contribution in [3.63, 3.8) is 0 Å². The minimum atomic E-state index is -0.685. The standard InChI is InChI=1S/C9H17NO.C6H7NO4.C5H9N.C2H6/c1-2-6-10-7-3-4-9(11)5-8-10;1-11-6(7(9)10)4-2-3-5-8;1-3-4-5-6-2;1-2/h2,6,9,11H,3-5,7-8H2,1H3;2-5H,1H3;3-6H,1H2,2H3;1-2H3/b6-2+;3-2+,6-4-;5-4+;. The van der Waals surface area contributed by atoms with Gasteiger partial charge in [0.2, 0.25) is 0 Å². The van der Waals surface area contributed by atoms with Crippen molar-refractivity contribution in [3.8, 4) is 0 Å². The lowest BCUT2D eigenvalue weighted by Crippen LogP contribution is -2.18. The van der Waals surface area contributed by atoms with E-state index in [1.165, 1.54) is 13.2 Å². The number of methoxy groups -OCH3 is 1. The van der Waals surface area contributed by atoms with Crippen molar-refractivity contribution in [2.24, 2.45) is 0 Å². The Hall–Kier alpha value is -2.87. The summed E-state index contributed by atoms with van der Waals surface area (Å²) in [6.07, 6.45) is 16.4. The van der Waals surface area contributed by atoms with E-state index in [4.69, 9.17) is 0 Å². The van der Waals surface area contributed by atoms with E-state index in [0.717, 1.165) is 44.5 Å². The largest absolute Gasteiger partial charge is 0.444 e. The zero-order valence-electron chi connectivity index (χ0n) is 19.0. The minimum Gasteiger partial charge on any atom is -0.444 e. The third-order valence-electron chi connectivity index (χ3n) is 3.31. The number of hydrogen-bond acceptors (Lipinski definition) is 7. The summed E-state index contributed by atoms with van der Waals surface area (Å²) in [5, 5.41) is 22.2. The Morgan fingerprint density at radius 3 is 2.37 bits per heavy atom. The van der Waals surface area contributed by atoms with E-state index in [-0.39, 0.29) is 6.10 Å². The van der Waals surface area contributed by atoms with Crippen molar-refractivity contribution >= 4 is 6.29 Å². The highest BCUT2D eigenvalue weighted by atomic mass is 16.7. The molecule has 8 heteroatoms. The van der Waals surface area contributed by atoms with Gasteiger partial charge in [-0.2, -0.15) is 0 Å². The van der Waals surface area contributed by atoms with E-state index < -0.39 is 10.8 Å². The number of nitro groups is 1. The number of allylic oxidation sites excluding steroid dienone is 6. The number of nitrogens with zero attached hydrogens (tertiary/aromatic N) is 2. The zero-order chi connectivity index (χ0) is 23.6. The summed E-state index contributed by atoms with van der Waals surface area (Å²) >= 11 is 0. The smallest absolute Gasteiger partial charge is 0.427 e. The van der Waals surface area contributed by atoms with Crippen molar-refractivity contribution in [2.45, 2.75) is 46.1 Å². The predicted octanol–water partition coefficient (Wildman–Crippen LogP) is 3.80. The number of carbonyl (C=O) groups is 1. The fourth-order valence-electron chi connectivity index (χ4n) is 2.01. The number of hydrogen-bond donors (Lipinski definition) is 2. The first-order valence-electron chi connectivity index (χ1n) is 9.97. The molecule has 8 nitrogen and oxygen atoms in total. The second kappa shape index (κ2) is 26.1. The number of ether oxygens (including phenoxy) is 1. The van der Waals surface area contributed by atoms with Crippen LogP contribution in [0.4, 0.5) is 0 Å². The van der Waals surface area contributed by atoms with E-state index in [1.807, 2.05) is 40.1 Å². The topological polar surface area (TPSA) is 105 Å². The van der Waals surface area contributed by atoms with Crippen LogP contribution in [0, 0.1) is 10.1 Å². The van der Waals surface area contributed by atoms with E-state index in [2.05, 4.69) is 33.8 Å². The Morgan fingerprint density at radius 1 is 1.27 bits per heavy atom. The molecular weight excluding hydrogens is 386 g/mol. The summed E-state index contributed by atoms with van der Waals surface area (Å²) in [6.45, 7) is 11.6. The molecule has 0 aromatic rings. The van der Waals surface area contributed by atoms with Crippen molar-refractivity contribution in [1.82, 2.24) is 10.2 Å². The van der Waals surface area contributed by atoms with Gasteiger partial charge in [0.1, 0.15) is 11.2 Å². The Bertz CT molecular complexity index is 543. The molecule has 1 aliphatic heterocycles.